The van der Waals surface area contributed by atoms with E-state index in [1.54, 1.807) is 13.0 Å². The molecule has 0 saturated heterocycles. The van der Waals surface area contributed by atoms with Crippen LogP contribution in [0.5, 0.6) is 0 Å². The fourth-order valence-electron chi connectivity index (χ4n) is 1.93. The van der Waals surface area contributed by atoms with Crippen molar-refractivity contribution in [2.75, 3.05) is 11.9 Å². The number of hydrogen-bond acceptors (Lipinski definition) is 4. The lowest BCUT2D eigenvalue weighted by Crippen LogP contribution is -2.27. The molecule has 0 fully saturated rings. The van der Waals surface area contributed by atoms with Crippen LogP contribution in [0, 0.1) is 0 Å². The van der Waals surface area contributed by atoms with Crippen molar-refractivity contribution in [1.29, 1.82) is 0 Å². The molecule has 1 amide bonds. The Morgan fingerprint density at radius 2 is 1.95 bits per heavy atom. The van der Waals surface area contributed by atoms with Gasteiger partial charge in [-0.05, 0) is 51.3 Å². The second kappa shape index (κ2) is 7.82. The number of amides is 1. The second-order valence-corrected chi connectivity index (χ2v) is 6.16. The number of esters is 1. The Kier molecular flexibility index (Phi) is 6.40. The van der Waals surface area contributed by atoms with E-state index in [-0.39, 0.29) is 11.9 Å². The van der Waals surface area contributed by atoms with Gasteiger partial charge in [0.05, 0.1) is 13.0 Å². The number of benzene rings is 1. The molecule has 5 nitrogen and oxygen atoms in total. The molecule has 0 aliphatic heterocycles. The molecule has 1 unspecified atom stereocenters. The zero-order valence-corrected chi connectivity index (χ0v) is 13.9. The Hall–Kier alpha value is -2.04. The first-order valence-electron chi connectivity index (χ1n) is 7.47. The van der Waals surface area contributed by atoms with Crippen LogP contribution in [0.2, 0.25) is 0 Å². The molecular weight excluding hydrogens is 282 g/mol. The maximum absolute atomic E-state index is 11.8. The SMILES string of the molecule is CCOC(=O)CC(C)c1cccc(NC(=O)OC(C)(C)C)c1. The maximum Gasteiger partial charge on any atom is 0.412 e. The molecule has 1 rings (SSSR count). The molecule has 0 bridgehead atoms. The summed E-state index contributed by atoms with van der Waals surface area (Å²) in [6.07, 6.45) is -0.188. The van der Waals surface area contributed by atoms with Crippen LogP contribution in [0.3, 0.4) is 0 Å². The summed E-state index contributed by atoms with van der Waals surface area (Å²) in [6.45, 7) is 9.54. The van der Waals surface area contributed by atoms with Crippen molar-refractivity contribution in [1.82, 2.24) is 0 Å². The van der Waals surface area contributed by atoms with Gasteiger partial charge in [-0.1, -0.05) is 19.1 Å². The highest BCUT2D eigenvalue weighted by atomic mass is 16.6. The van der Waals surface area contributed by atoms with Crippen molar-refractivity contribution in [3.8, 4) is 0 Å². The summed E-state index contributed by atoms with van der Waals surface area (Å²) < 4.78 is 10.2. The van der Waals surface area contributed by atoms with Gasteiger partial charge in [-0.3, -0.25) is 10.1 Å². The predicted molar refractivity (Wildman–Crippen MR) is 86.0 cm³/mol. The van der Waals surface area contributed by atoms with Gasteiger partial charge in [0.2, 0.25) is 0 Å². The molecular formula is C17H25NO4. The summed E-state index contributed by atoms with van der Waals surface area (Å²) in [4.78, 5) is 23.3. The van der Waals surface area contributed by atoms with Gasteiger partial charge in [-0.2, -0.15) is 0 Å². The fraction of sp³-hybridized carbons (Fsp3) is 0.529. The highest BCUT2D eigenvalue weighted by Crippen LogP contribution is 2.23. The van der Waals surface area contributed by atoms with Crippen LogP contribution in [0.15, 0.2) is 24.3 Å². The van der Waals surface area contributed by atoms with Crippen LogP contribution in [-0.2, 0) is 14.3 Å². The smallest absolute Gasteiger partial charge is 0.412 e. The minimum absolute atomic E-state index is 0.0134. The van der Waals surface area contributed by atoms with E-state index in [1.165, 1.54) is 0 Å². The summed E-state index contributed by atoms with van der Waals surface area (Å²) >= 11 is 0. The van der Waals surface area contributed by atoms with E-state index in [9.17, 15) is 9.59 Å². The normalized spacial score (nSPS) is 12.4. The Morgan fingerprint density at radius 3 is 2.55 bits per heavy atom. The molecule has 1 aromatic rings. The zero-order chi connectivity index (χ0) is 16.8. The van der Waals surface area contributed by atoms with E-state index in [4.69, 9.17) is 9.47 Å². The molecule has 0 heterocycles. The Labute approximate surface area is 132 Å². The van der Waals surface area contributed by atoms with Gasteiger partial charge in [0, 0.05) is 5.69 Å². The quantitative estimate of drug-likeness (QED) is 0.832. The summed E-state index contributed by atoms with van der Waals surface area (Å²) in [6, 6.07) is 7.38. The van der Waals surface area contributed by atoms with E-state index in [0.29, 0.717) is 18.7 Å². The van der Waals surface area contributed by atoms with Gasteiger partial charge in [0.25, 0.3) is 0 Å². The van der Waals surface area contributed by atoms with Gasteiger partial charge in [-0.15, -0.1) is 0 Å². The monoisotopic (exact) mass is 307 g/mol. The second-order valence-electron chi connectivity index (χ2n) is 6.16. The molecule has 1 atom stereocenters. The molecule has 0 aliphatic rings. The average molecular weight is 307 g/mol. The molecule has 0 aliphatic carbocycles. The number of hydrogen-bond donors (Lipinski definition) is 1. The van der Waals surface area contributed by atoms with E-state index < -0.39 is 11.7 Å². The van der Waals surface area contributed by atoms with Gasteiger partial charge in [0.15, 0.2) is 0 Å². The predicted octanol–water partition coefficient (Wildman–Crippen LogP) is 4.09. The average Bonchev–Trinajstić information content (AvgIpc) is 2.36. The van der Waals surface area contributed by atoms with Crippen LogP contribution in [0.4, 0.5) is 10.5 Å². The van der Waals surface area contributed by atoms with Crippen molar-refractivity contribution >= 4 is 17.7 Å². The third-order valence-corrected chi connectivity index (χ3v) is 2.88. The third kappa shape index (κ3) is 6.61. The van der Waals surface area contributed by atoms with Gasteiger partial charge in [-0.25, -0.2) is 4.79 Å². The molecule has 22 heavy (non-hydrogen) atoms. The minimum Gasteiger partial charge on any atom is -0.466 e. The third-order valence-electron chi connectivity index (χ3n) is 2.88. The number of rotatable bonds is 5. The number of ether oxygens (including phenoxy) is 2. The van der Waals surface area contributed by atoms with E-state index >= 15 is 0 Å². The lowest BCUT2D eigenvalue weighted by Gasteiger charge is -2.20. The first-order valence-corrected chi connectivity index (χ1v) is 7.47. The summed E-state index contributed by atoms with van der Waals surface area (Å²) in [5, 5.41) is 2.69. The summed E-state index contributed by atoms with van der Waals surface area (Å²) in [5.41, 5.74) is 1.06. The van der Waals surface area contributed by atoms with Crippen LogP contribution in [0.1, 0.15) is 52.5 Å². The van der Waals surface area contributed by atoms with E-state index in [0.717, 1.165) is 5.56 Å². The molecule has 0 spiro atoms. The van der Waals surface area contributed by atoms with Crippen molar-refractivity contribution in [3.05, 3.63) is 29.8 Å². The Morgan fingerprint density at radius 1 is 1.27 bits per heavy atom. The standard InChI is InChI=1S/C17H25NO4/c1-6-21-15(19)10-12(2)13-8-7-9-14(11-13)18-16(20)22-17(3,4)5/h7-9,11-12H,6,10H2,1-5H3,(H,18,20). The number of carbonyl (C=O) groups is 2. The van der Waals surface area contributed by atoms with Crippen molar-refractivity contribution in [3.63, 3.8) is 0 Å². The van der Waals surface area contributed by atoms with Crippen LogP contribution in [0.25, 0.3) is 0 Å². The molecule has 0 aromatic heterocycles. The number of carbonyl (C=O) groups excluding carboxylic acids is 2. The lowest BCUT2D eigenvalue weighted by atomic mass is 9.97. The largest absolute Gasteiger partial charge is 0.466 e. The Bertz CT molecular complexity index is 520. The highest BCUT2D eigenvalue weighted by Gasteiger charge is 2.17. The summed E-state index contributed by atoms with van der Waals surface area (Å²) in [7, 11) is 0. The first kappa shape index (κ1) is 18.0. The van der Waals surface area contributed by atoms with E-state index in [2.05, 4.69) is 5.32 Å². The fourth-order valence-corrected chi connectivity index (χ4v) is 1.93. The molecule has 1 aromatic carbocycles. The molecule has 1 N–H and O–H groups in total. The lowest BCUT2D eigenvalue weighted by molar-refractivity contribution is -0.143. The molecule has 5 heteroatoms. The van der Waals surface area contributed by atoms with Crippen molar-refractivity contribution in [2.45, 2.75) is 52.6 Å². The number of nitrogens with one attached hydrogen (secondary N) is 1. The maximum atomic E-state index is 11.8. The van der Waals surface area contributed by atoms with Crippen molar-refractivity contribution in [2.24, 2.45) is 0 Å². The van der Waals surface area contributed by atoms with Gasteiger partial charge < -0.3 is 9.47 Å². The molecule has 122 valence electrons. The number of anilines is 1. The molecule has 0 radical (unpaired) electrons. The van der Waals surface area contributed by atoms with Crippen molar-refractivity contribution < 1.29 is 19.1 Å². The minimum atomic E-state index is -0.543. The van der Waals surface area contributed by atoms with Gasteiger partial charge >= 0.3 is 12.1 Å². The van der Waals surface area contributed by atoms with Crippen LogP contribution >= 0.6 is 0 Å². The van der Waals surface area contributed by atoms with Crippen LogP contribution < -0.4 is 5.32 Å². The van der Waals surface area contributed by atoms with E-state index in [1.807, 2.05) is 45.9 Å². The summed E-state index contributed by atoms with van der Waals surface area (Å²) in [5.74, 6) is -0.208. The molecule has 0 saturated carbocycles. The topological polar surface area (TPSA) is 64.6 Å². The highest BCUT2D eigenvalue weighted by molar-refractivity contribution is 5.85. The van der Waals surface area contributed by atoms with Crippen LogP contribution in [-0.4, -0.2) is 24.3 Å². The first-order chi connectivity index (χ1) is 10.2. The van der Waals surface area contributed by atoms with Gasteiger partial charge in [0.1, 0.15) is 5.60 Å². The Balaban J connectivity index is 2.69. The zero-order valence-electron chi connectivity index (χ0n) is 13.9.